The quantitative estimate of drug-likeness (QED) is 0.489. The van der Waals surface area contributed by atoms with Crippen molar-refractivity contribution in [2.45, 2.75) is 43.5 Å². The predicted molar refractivity (Wildman–Crippen MR) is 64.6 cm³/mol. The Morgan fingerprint density at radius 1 is 1.50 bits per heavy atom. The second-order valence-electron chi connectivity index (χ2n) is 4.29. The van der Waals surface area contributed by atoms with Crippen LogP contribution in [0.5, 0.6) is 0 Å². The highest BCUT2D eigenvalue weighted by molar-refractivity contribution is 8.14. The molecule has 0 unspecified atom stereocenters. The number of nitrogens with one attached hydrogen (secondary N) is 1. The van der Waals surface area contributed by atoms with Crippen LogP contribution >= 0.6 is 11.8 Å². The van der Waals surface area contributed by atoms with E-state index in [2.05, 4.69) is 0 Å². The third-order valence-corrected chi connectivity index (χ3v) is 3.64. The molecule has 16 heavy (non-hydrogen) atoms. The fraction of sp³-hybridized carbons (Fsp3) is 0.900. The molecule has 0 aliphatic carbocycles. The Bertz CT molecular complexity index is 248. The van der Waals surface area contributed by atoms with Gasteiger partial charge in [0.05, 0.1) is 18.3 Å². The monoisotopic (exact) mass is 248 g/mol. The Morgan fingerprint density at radius 2 is 2.12 bits per heavy atom. The van der Waals surface area contributed by atoms with E-state index < -0.39 is 12.2 Å². The first-order valence-electron chi connectivity index (χ1n) is 5.34. The van der Waals surface area contributed by atoms with Gasteiger partial charge in [-0.15, -0.1) is 0 Å². The third-order valence-electron chi connectivity index (χ3n) is 2.48. The minimum atomic E-state index is -0.591. The van der Waals surface area contributed by atoms with Crippen molar-refractivity contribution in [2.24, 2.45) is 0 Å². The van der Waals surface area contributed by atoms with Gasteiger partial charge >= 0.3 is 0 Å². The fourth-order valence-electron chi connectivity index (χ4n) is 1.51. The molecule has 1 rings (SSSR count). The standard InChI is InChI=1S/C10H20N2O3S/c1-6(13)8-4-7(14)5-9(15-8)16-10(11)12(2)3/h6-9,11,13-14H,4-5H2,1-3H3/t6-,7+,8+,9-/m1/s1. The molecule has 94 valence electrons. The summed E-state index contributed by atoms with van der Waals surface area (Å²) in [5.74, 6) is 0. The highest BCUT2D eigenvalue weighted by Gasteiger charge is 2.32. The summed E-state index contributed by atoms with van der Waals surface area (Å²) >= 11 is 1.27. The average Bonchev–Trinajstić information content (AvgIpc) is 2.16. The van der Waals surface area contributed by atoms with Gasteiger partial charge in [-0.2, -0.15) is 0 Å². The van der Waals surface area contributed by atoms with Gasteiger partial charge in [0.15, 0.2) is 5.17 Å². The van der Waals surface area contributed by atoms with Crippen LogP contribution in [0.3, 0.4) is 0 Å². The van der Waals surface area contributed by atoms with E-state index in [1.165, 1.54) is 11.8 Å². The molecule has 1 fully saturated rings. The first-order valence-corrected chi connectivity index (χ1v) is 6.22. The van der Waals surface area contributed by atoms with Crippen molar-refractivity contribution in [3.05, 3.63) is 0 Å². The molecule has 3 N–H and O–H groups in total. The molecule has 1 aliphatic rings. The number of amidine groups is 1. The molecule has 0 spiro atoms. The van der Waals surface area contributed by atoms with E-state index in [4.69, 9.17) is 10.1 Å². The number of aliphatic hydroxyl groups excluding tert-OH is 2. The predicted octanol–water partition coefficient (Wildman–Crippen LogP) is 0.463. The second-order valence-corrected chi connectivity index (χ2v) is 5.44. The highest BCUT2D eigenvalue weighted by atomic mass is 32.2. The minimum Gasteiger partial charge on any atom is -0.393 e. The van der Waals surface area contributed by atoms with Crippen LogP contribution in [0, 0.1) is 5.41 Å². The summed E-state index contributed by atoms with van der Waals surface area (Å²) < 4.78 is 5.62. The maximum Gasteiger partial charge on any atom is 0.158 e. The summed E-state index contributed by atoms with van der Waals surface area (Å²) in [5.41, 5.74) is -0.252. The number of thioether (sulfide) groups is 1. The molecule has 0 amide bonds. The van der Waals surface area contributed by atoms with Gasteiger partial charge < -0.3 is 19.8 Å². The molecule has 4 atom stereocenters. The van der Waals surface area contributed by atoms with Crippen LogP contribution in [0.1, 0.15) is 19.8 Å². The number of hydrogen-bond acceptors (Lipinski definition) is 5. The third kappa shape index (κ3) is 3.93. The van der Waals surface area contributed by atoms with E-state index in [1.807, 2.05) is 0 Å². The van der Waals surface area contributed by atoms with E-state index in [0.717, 1.165) is 0 Å². The summed E-state index contributed by atoms with van der Waals surface area (Å²) in [6, 6.07) is 0. The van der Waals surface area contributed by atoms with Crippen LogP contribution < -0.4 is 0 Å². The van der Waals surface area contributed by atoms with Gasteiger partial charge in [0.2, 0.25) is 0 Å². The van der Waals surface area contributed by atoms with E-state index >= 15 is 0 Å². The van der Waals surface area contributed by atoms with E-state index in [9.17, 15) is 10.2 Å². The Labute approximate surface area is 100 Å². The molecule has 5 nitrogen and oxygen atoms in total. The normalized spacial score (nSPS) is 32.2. The van der Waals surface area contributed by atoms with Crippen LogP contribution in [0.4, 0.5) is 0 Å². The Balaban J connectivity index is 2.51. The number of rotatable bonds is 2. The van der Waals surface area contributed by atoms with Gasteiger partial charge in [0.1, 0.15) is 5.44 Å². The van der Waals surface area contributed by atoms with Crippen molar-refractivity contribution in [3.8, 4) is 0 Å². The van der Waals surface area contributed by atoms with Crippen molar-refractivity contribution >= 4 is 16.9 Å². The lowest BCUT2D eigenvalue weighted by atomic mass is 10.0. The van der Waals surface area contributed by atoms with Gasteiger partial charge in [-0.05, 0) is 6.92 Å². The van der Waals surface area contributed by atoms with E-state index in [1.54, 1.807) is 25.9 Å². The average molecular weight is 248 g/mol. The first kappa shape index (κ1) is 13.8. The molecule has 0 saturated carbocycles. The summed E-state index contributed by atoms with van der Waals surface area (Å²) in [7, 11) is 3.58. The van der Waals surface area contributed by atoms with Gasteiger partial charge in [0, 0.05) is 26.9 Å². The van der Waals surface area contributed by atoms with Crippen molar-refractivity contribution in [1.29, 1.82) is 5.41 Å². The molecule has 0 aromatic rings. The zero-order valence-electron chi connectivity index (χ0n) is 9.88. The van der Waals surface area contributed by atoms with Gasteiger partial charge in [0.25, 0.3) is 0 Å². The first-order chi connectivity index (χ1) is 7.40. The lowest BCUT2D eigenvalue weighted by Gasteiger charge is -2.34. The Hall–Kier alpha value is -0.300. The Morgan fingerprint density at radius 3 is 2.62 bits per heavy atom. The van der Waals surface area contributed by atoms with Crippen molar-refractivity contribution in [3.63, 3.8) is 0 Å². The molecule has 0 bridgehead atoms. The molecule has 1 saturated heterocycles. The van der Waals surface area contributed by atoms with Crippen LogP contribution in [-0.4, -0.2) is 58.1 Å². The largest absolute Gasteiger partial charge is 0.393 e. The number of nitrogens with zero attached hydrogens (tertiary/aromatic N) is 1. The van der Waals surface area contributed by atoms with Crippen LogP contribution in [-0.2, 0) is 4.74 Å². The molecule has 6 heteroatoms. The molecule has 1 aliphatic heterocycles. The second kappa shape index (κ2) is 5.86. The summed E-state index contributed by atoms with van der Waals surface area (Å²) in [6.45, 7) is 1.65. The van der Waals surface area contributed by atoms with Crippen LogP contribution in [0.25, 0.3) is 0 Å². The molecular formula is C10H20N2O3S. The van der Waals surface area contributed by atoms with E-state index in [-0.39, 0.29) is 11.5 Å². The lowest BCUT2D eigenvalue weighted by molar-refractivity contribution is -0.104. The highest BCUT2D eigenvalue weighted by Crippen LogP contribution is 2.29. The lowest BCUT2D eigenvalue weighted by Crippen LogP contribution is -2.40. The van der Waals surface area contributed by atoms with Gasteiger partial charge in [-0.3, -0.25) is 5.41 Å². The van der Waals surface area contributed by atoms with Crippen molar-refractivity contribution < 1.29 is 14.9 Å². The van der Waals surface area contributed by atoms with Crippen molar-refractivity contribution in [1.82, 2.24) is 4.90 Å². The van der Waals surface area contributed by atoms with Crippen LogP contribution in [0.2, 0.25) is 0 Å². The smallest absolute Gasteiger partial charge is 0.158 e. The van der Waals surface area contributed by atoms with Gasteiger partial charge in [-0.1, -0.05) is 11.8 Å². The van der Waals surface area contributed by atoms with E-state index in [0.29, 0.717) is 18.0 Å². The molecule has 0 aromatic heterocycles. The summed E-state index contributed by atoms with van der Waals surface area (Å²) in [5, 5.41) is 27.2. The number of aliphatic hydroxyl groups is 2. The van der Waals surface area contributed by atoms with Crippen molar-refractivity contribution in [2.75, 3.05) is 14.1 Å². The minimum absolute atomic E-state index is 0.252. The number of hydrogen-bond donors (Lipinski definition) is 3. The molecule has 1 heterocycles. The summed E-state index contributed by atoms with van der Waals surface area (Å²) in [6.07, 6.45) is -0.419. The number of ether oxygens (including phenoxy) is 1. The topological polar surface area (TPSA) is 76.8 Å². The molecular weight excluding hydrogens is 228 g/mol. The van der Waals surface area contributed by atoms with Gasteiger partial charge in [-0.25, -0.2) is 0 Å². The zero-order chi connectivity index (χ0) is 12.3. The fourth-order valence-corrected chi connectivity index (χ4v) is 2.49. The Kier molecular flexibility index (Phi) is 5.04. The maximum atomic E-state index is 9.66. The summed E-state index contributed by atoms with van der Waals surface area (Å²) in [4.78, 5) is 1.69. The van der Waals surface area contributed by atoms with Crippen LogP contribution in [0.15, 0.2) is 0 Å². The zero-order valence-corrected chi connectivity index (χ0v) is 10.7. The maximum absolute atomic E-state index is 9.66. The SMILES string of the molecule is C[C@@H](O)[C@@H]1C[C@H](O)C[C@@H](SC(=N)N(C)C)O1. The molecule has 0 radical (unpaired) electrons. The molecule has 0 aromatic carbocycles.